The van der Waals surface area contributed by atoms with Gasteiger partial charge in [-0.05, 0) is 63.5 Å². The topological polar surface area (TPSA) is 84.2 Å². The number of carbonyl (C=O) groups is 2. The summed E-state index contributed by atoms with van der Waals surface area (Å²) < 4.78 is 13.3. The first kappa shape index (κ1) is 23.4. The summed E-state index contributed by atoms with van der Waals surface area (Å²) in [5.41, 5.74) is 2.32. The molecule has 3 aromatic rings. The Hall–Kier alpha value is -3.78. The molecule has 0 bridgehead atoms. The van der Waals surface area contributed by atoms with Gasteiger partial charge >= 0.3 is 0 Å². The molecular weight excluding hydrogens is 434 g/mol. The summed E-state index contributed by atoms with van der Waals surface area (Å²) in [5.74, 6) is 0.585. The molecule has 0 unspecified atom stereocenters. The molecule has 8 nitrogen and oxygen atoms in total. The molecule has 1 N–H and O–H groups in total. The number of methoxy groups -OCH3 is 1. The third-order valence-electron chi connectivity index (χ3n) is 5.83. The van der Waals surface area contributed by atoms with E-state index in [9.17, 15) is 14.7 Å². The first-order valence-corrected chi connectivity index (χ1v) is 11.0. The molecule has 0 spiro atoms. The lowest BCUT2D eigenvalue weighted by atomic mass is 10.1. The minimum Gasteiger partial charge on any atom is -0.508 e. The molecule has 0 saturated heterocycles. The number of aromatic hydroxyl groups is 1. The molecule has 1 amide bonds. The van der Waals surface area contributed by atoms with Crippen LogP contribution in [0.5, 0.6) is 17.2 Å². The van der Waals surface area contributed by atoms with E-state index >= 15 is 0 Å². The number of allylic oxidation sites excluding steroid dienone is 1. The van der Waals surface area contributed by atoms with Gasteiger partial charge in [0.05, 0.1) is 12.7 Å². The van der Waals surface area contributed by atoms with Crippen molar-refractivity contribution in [2.75, 3.05) is 41.8 Å². The Morgan fingerprint density at radius 1 is 1.15 bits per heavy atom. The van der Waals surface area contributed by atoms with Crippen molar-refractivity contribution < 1.29 is 24.2 Å². The van der Waals surface area contributed by atoms with Crippen LogP contribution in [0.4, 0.5) is 0 Å². The van der Waals surface area contributed by atoms with Crippen LogP contribution < -0.4 is 9.47 Å². The zero-order chi connectivity index (χ0) is 24.6. The van der Waals surface area contributed by atoms with Crippen molar-refractivity contribution in [3.05, 3.63) is 59.0 Å². The maximum atomic E-state index is 13.4. The number of phenolic OH excluding ortho intramolecular Hbond substituents is 1. The number of hydrogen-bond donors (Lipinski definition) is 1. The van der Waals surface area contributed by atoms with Crippen molar-refractivity contribution in [3.63, 3.8) is 0 Å². The average Bonchev–Trinajstić information content (AvgIpc) is 3.26. The zero-order valence-corrected chi connectivity index (χ0v) is 20.1. The fourth-order valence-corrected chi connectivity index (χ4v) is 4.16. The van der Waals surface area contributed by atoms with E-state index in [-0.39, 0.29) is 23.2 Å². The Kier molecular flexibility index (Phi) is 6.34. The first-order valence-electron chi connectivity index (χ1n) is 11.0. The van der Waals surface area contributed by atoms with Gasteiger partial charge in [-0.15, -0.1) is 0 Å². The lowest BCUT2D eigenvalue weighted by molar-refractivity contribution is 0.0816. The smallest absolute Gasteiger partial charge is 0.270 e. The van der Waals surface area contributed by atoms with Crippen LogP contribution in [0.3, 0.4) is 0 Å². The molecule has 1 aliphatic rings. The quantitative estimate of drug-likeness (QED) is 0.539. The maximum Gasteiger partial charge on any atom is 0.270 e. The van der Waals surface area contributed by atoms with Crippen LogP contribution >= 0.6 is 0 Å². The van der Waals surface area contributed by atoms with E-state index in [1.54, 1.807) is 27.3 Å². The van der Waals surface area contributed by atoms with Gasteiger partial charge in [-0.1, -0.05) is 0 Å². The number of Topliss-reactive ketones (excluding diaryl/α,β-unsaturated/α-hetero) is 1. The van der Waals surface area contributed by atoms with Crippen molar-refractivity contribution in [2.45, 2.75) is 13.0 Å². The fourth-order valence-electron chi connectivity index (χ4n) is 4.16. The standard InChI is InChI=1S/C26H29N3O5/c1-27(2)11-6-12-29-21-10-8-17(33-5)14-19(21)20(24(29)26(32)28(3)4)15-23-25(31)18-9-7-16(30)13-22(18)34-23/h7-10,13-15,30H,6,11-12H2,1-5H3/b23-15-. The van der Waals surface area contributed by atoms with E-state index in [0.717, 1.165) is 23.9 Å². The maximum absolute atomic E-state index is 13.4. The lowest BCUT2D eigenvalue weighted by Crippen LogP contribution is -2.26. The van der Waals surface area contributed by atoms with Crippen LogP contribution in [0.25, 0.3) is 17.0 Å². The van der Waals surface area contributed by atoms with Crippen LogP contribution in [-0.2, 0) is 6.54 Å². The van der Waals surface area contributed by atoms with Gasteiger partial charge in [0.1, 0.15) is 22.9 Å². The van der Waals surface area contributed by atoms with Gasteiger partial charge in [0.2, 0.25) is 5.78 Å². The van der Waals surface area contributed by atoms with Crippen LogP contribution in [0.1, 0.15) is 32.8 Å². The highest BCUT2D eigenvalue weighted by Gasteiger charge is 2.30. The molecule has 4 rings (SSSR count). The second-order valence-corrected chi connectivity index (χ2v) is 8.77. The molecule has 2 heterocycles. The van der Waals surface area contributed by atoms with Gasteiger partial charge in [-0.3, -0.25) is 9.59 Å². The van der Waals surface area contributed by atoms with Crippen LogP contribution in [0.15, 0.2) is 42.2 Å². The molecule has 34 heavy (non-hydrogen) atoms. The van der Waals surface area contributed by atoms with Crippen molar-refractivity contribution in [2.24, 2.45) is 0 Å². The summed E-state index contributed by atoms with van der Waals surface area (Å²) in [6.45, 7) is 1.49. The van der Waals surface area contributed by atoms with E-state index in [0.29, 0.717) is 34.9 Å². The number of nitrogens with zero attached hydrogens (tertiary/aromatic N) is 3. The molecule has 8 heteroatoms. The number of carbonyl (C=O) groups excluding carboxylic acids is 2. The normalized spacial score (nSPS) is 14.1. The van der Waals surface area contributed by atoms with Gasteiger partial charge in [-0.25, -0.2) is 0 Å². The molecule has 2 aromatic carbocycles. The third kappa shape index (κ3) is 4.24. The zero-order valence-electron chi connectivity index (χ0n) is 20.1. The number of amides is 1. The third-order valence-corrected chi connectivity index (χ3v) is 5.83. The summed E-state index contributed by atoms with van der Waals surface area (Å²) >= 11 is 0. The van der Waals surface area contributed by atoms with E-state index in [1.807, 2.05) is 36.9 Å². The lowest BCUT2D eigenvalue weighted by Gasteiger charge is -2.16. The molecule has 0 atom stereocenters. The number of aryl methyl sites for hydroxylation is 1. The Labute approximate surface area is 198 Å². The van der Waals surface area contributed by atoms with Crippen LogP contribution in [0.2, 0.25) is 0 Å². The molecule has 0 radical (unpaired) electrons. The highest BCUT2D eigenvalue weighted by molar-refractivity contribution is 6.16. The molecular formula is C26H29N3O5. The van der Waals surface area contributed by atoms with Gasteiger partial charge < -0.3 is 28.9 Å². The molecule has 0 saturated carbocycles. The highest BCUT2D eigenvalue weighted by atomic mass is 16.5. The monoisotopic (exact) mass is 463 g/mol. The second-order valence-electron chi connectivity index (χ2n) is 8.77. The average molecular weight is 464 g/mol. The fraction of sp³-hybridized carbons (Fsp3) is 0.308. The predicted molar refractivity (Wildman–Crippen MR) is 131 cm³/mol. The Morgan fingerprint density at radius 2 is 1.91 bits per heavy atom. The summed E-state index contributed by atoms with van der Waals surface area (Å²) in [4.78, 5) is 30.1. The molecule has 1 aliphatic heterocycles. The van der Waals surface area contributed by atoms with E-state index < -0.39 is 0 Å². The Bertz CT molecular complexity index is 1300. The van der Waals surface area contributed by atoms with Crippen molar-refractivity contribution in [1.29, 1.82) is 0 Å². The molecule has 1 aromatic heterocycles. The van der Waals surface area contributed by atoms with Crippen LogP contribution in [0, 0.1) is 0 Å². The van der Waals surface area contributed by atoms with E-state index in [4.69, 9.17) is 9.47 Å². The molecule has 178 valence electrons. The summed E-state index contributed by atoms with van der Waals surface area (Å²) in [6.07, 6.45) is 2.47. The second kappa shape index (κ2) is 9.23. The SMILES string of the molecule is COc1ccc2c(c1)c(/C=C1\Oc3cc(O)ccc3C1=O)c(C(=O)N(C)C)n2CCCN(C)C. The number of fused-ring (bicyclic) bond motifs is 2. The highest BCUT2D eigenvalue weighted by Crippen LogP contribution is 2.37. The number of aromatic nitrogens is 1. The Morgan fingerprint density at radius 3 is 2.59 bits per heavy atom. The Balaban J connectivity index is 1.92. The van der Waals surface area contributed by atoms with E-state index in [2.05, 4.69) is 4.90 Å². The number of ether oxygens (including phenoxy) is 2. The summed E-state index contributed by atoms with van der Waals surface area (Å²) in [5, 5.41) is 10.6. The molecule has 0 fully saturated rings. The number of benzene rings is 2. The van der Waals surface area contributed by atoms with Gasteiger partial charge in [-0.2, -0.15) is 0 Å². The van der Waals surface area contributed by atoms with Crippen molar-refractivity contribution >= 4 is 28.7 Å². The number of ketones is 1. The summed E-state index contributed by atoms with van der Waals surface area (Å²) in [7, 11) is 9.03. The van der Waals surface area contributed by atoms with Gasteiger partial charge in [0, 0.05) is 43.2 Å². The summed E-state index contributed by atoms with van der Waals surface area (Å²) in [6, 6.07) is 10.1. The number of rotatable bonds is 7. The van der Waals surface area contributed by atoms with Gasteiger partial charge in [0.15, 0.2) is 5.76 Å². The van der Waals surface area contributed by atoms with Crippen molar-refractivity contribution in [1.82, 2.24) is 14.4 Å². The van der Waals surface area contributed by atoms with Crippen LogP contribution in [-0.4, -0.2) is 73.0 Å². The van der Waals surface area contributed by atoms with Crippen molar-refractivity contribution in [3.8, 4) is 17.2 Å². The number of phenols is 1. The first-order chi connectivity index (χ1) is 16.2. The van der Waals surface area contributed by atoms with E-state index in [1.165, 1.54) is 23.1 Å². The largest absolute Gasteiger partial charge is 0.508 e. The minimum atomic E-state index is -0.297. The van der Waals surface area contributed by atoms with Gasteiger partial charge in [0.25, 0.3) is 5.91 Å². The minimum absolute atomic E-state index is 0.0125. The molecule has 0 aliphatic carbocycles. The predicted octanol–water partition coefficient (Wildman–Crippen LogP) is 3.63. The number of hydrogen-bond acceptors (Lipinski definition) is 6.